The first-order chi connectivity index (χ1) is 12.6. The summed E-state index contributed by atoms with van der Waals surface area (Å²) >= 11 is 0. The molecule has 0 aliphatic heterocycles. The molecule has 2 atom stereocenters. The van der Waals surface area contributed by atoms with Crippen molar-refractivity contribution in [2.45, 2.75) is 110 Å². The van der Waals surface area contributed by atoms with Gasteiger partial charge in [-0.05, 0) is 55.7 Å². The van der Waals surface area contributed by atoms with E-state index in [2.05, 4.69) is 45.0 Å². The largest absolute Gasteiger partial charge is 0.464 e. The van der Waals surface area contributed by atoms with Crippen LogP contribution in [0.1, 0.15) is 103 Å². The minimum atomic E-state index is -0.111. The van der Waals surface area contributed by atoms with Gasteiger partial charge in [0.1, 0.15) is 5.75 Å². The predicted molar refractivity (Wildman–Crippen MR) is 109 cm³/mol. The molecule has 2 fully saturated rings. The second-order valence-electron chi connectivity index (χ2n) is 8.94. The molecule has 1 aromatic rings. The van der Waals surface area contributed by atoms with Crippen LogP contribution in [0.3, 0.4) is 0 Å². The van der Waals surface area contributed by atoms with Crippen LogP contribution in [0.4, 0.5) is 0 Å². The van der Waals surface area contributed by atoms with Crippen molar-refractivity contribution in [2.75, 3.05) is 0 Å². The number of rotatable bonds is 7. The molecular formula is C24H38O2. The second-order valence-corrected chi connectivity index (χ2v) is 8.94. The molecule has 1 aromatic carbocycles. The number of hydrogen-bond donors (Lipinski definition) is 0. The van der Waals surface area contributed by atoms with Crippen molar-refractivity contribution < 1.29 is 9.47 Å². The third kappa shape index (κ3) is 5.03. The smallest absolute Gasteiger partial charge is 0.205 e. The average Bonchev–Trinajstić information content (AvgIpc) is 2.69. The Bertz CT molecular complexity index is 524. The molecule has 0 heterocycles. The zero-order valence-corrected chi connectivity index (χ0v) is 17.1. The van der Waals surface area contributed by atoms with Gasteiger partial charge in [-0.3, -0.25) is 0 Å². The average molecular weight is 359 g/mol. The zero-order valence-electron chi connectivity index (χ0n) is 17.1. The lowest BCUT2D eigenvalue weighted by Crippen LogP contribution is -2.43. The van der Waals surface area contributed by atoms with Gasteiger partial charge < -0.3 is 9.47 Å². The SMILES string of the molecule is CCC(C)c1ccc(OC(OC2CCCCC2)C2(C)CCCCC2)cc1. The predicted octanol–water partition coefficient (Wildman–Crippen LogP) is 7.22. The minimum Gasteiger partial charge on any atom is -0.464 e. The molecule has 2 aliphatic rings. The Balaban J connectivity index is 1.71. The Hall–Kier alpha value is -1.02. The molecule has 0 N–H and O–H groups in total. The van der Waals surface area contributed by atoms with Crippen molar-refractivity contribution >= 4 is 0 Å². The van der Waals surface area contributed by atoms with E-state index in [9.17, 15) is 0 Å². The maximum absolute atomic E-state index is 6.61. The molecule has 2 aliphatic carbocycles. The van der Waals surface area contributed by atoms with Crippen LogP contribution < -0.4 is 4.74 Å². The molecule has 2 nitrogen and oxygen atoms in total. The Kier molecular flexibility index (Phi) is 7.03. The molecule has 146 valence electrons. The third-order valence-corrected chi connectivity index (χ3v) is 6.74. The topological polar surface area (TPSA) is 18.5 Å². The van der Waals surface area contributed by atoms with Crippen LogP contribution in [-0.2, 0) is 4.74 Å². The summed E-state index contributed by atoms with van der Waals surface area (Å²) < 4.78 is 13.1. The van der Waals surface area contributed by atoms with Crippen molar-refractivity contribution in [3.63, 3.8) is 0 Å². The van der Waals surface area contributed by atoms with Crippen LogP contribution in [0, 0.1) is 5.41 Å². The van der Waals surface area contributed by atoms with Crippen LogP contribution >= 0.6 is 0 Å². The Morgan fingerprint density at radius 2 is 1.58 bits per heavy atom. The van der Waals surface area contributed by atoms with E-state index in [1.165, 1.54) is 76.2 Å². The number of benzene rings is 1. The van der Waals surface area contributed by atoms with Crippen LogP contribution in [0.25, 0.3) is 0 Å². The molecule has 3 rings (SSSR count). The lowest BCUT2D eigenvalue weighted by molar-refractivity contribution is -0.194. The van der Waals surface area contributed by atoms with Gasteiger partial charge in [0.2, 0.25) is 6.29 Å². The van der Waals surface area contributed by atoms with E-state index in [-0.39, 0.29) is 11.7 Å². The second kappa shape index (κ2) is 9.26. The fourth-order valence-corrected chi connectivity index (χ4v) is 4.54. The monoisotopic (exact) mass is 358 g/mol. The molecule has 2 saturated carbocycles. The number of ether oxygens (including phenoxy) is 2. The molecule has 26 heavy (non-hydrogen) atoms. The van der Waals surface area contributed by atoms with Gasteiger partial charge in [-0.15, -0.1) is 0 Å². The van der Waals surface area contributed by atoms with Gasteiger partial charge in [-0.25, -0.2) is 0 Å². The van der Waals surface area contributed by atoms with E-state index in [4.69, 9.17) is 9.47 Å². The Labute approximate surface area is 160 Å². The van der Waals surface area contributed by atoms with Gasteiger partial charge in [0, 0.05) is 5.41 Å². The molecule has 0 bridgehead atoms. The molecular weight excluding hydrogens is 320 g/mol. The summed E-state index contributed by atoms with van der Waals surface area (Å²) in [5.74, 6) is 1.57. The van der Waals surface area contributed by atoms with Gasteiger partial charge in [0.25, 0.3) is 0 Å². The highest BCUT2D eigenvalue weighted by Crippen LogP contribution is 2.42. The summed E-state index contributed by atoms with van der Waals surface area (Å²) in [5.41, 5.74) is 1.54. The van der Waals surface area contributed by atoms with E-state index in [1.807, 2.05) is 0 Å². The summed E-state index contributed by atoms with van der Waals surface area (Å²) in [5, 5.41) is 0. The lowest BCUT2D eigenvalue weighted by Gasteiger charge is -2.42. The highest BCUT2D eigenvalue weighted by atomic mass is 16.7. The van der Waals surface area contributed by atoms with Gasteiger partial charge in [-0.2, -0.15) is 0 Å². The molecule has 0 saturated heterocycles. The molecule has 2 heteroatoms. The first-order valence-corrected chi connectivity index (χ1v) is 11.0. The van der Waals surface area contributed by atoms with Crippen molar-refractivity contribution in [1.29, 1.82) is 0 Å². The Morgan fingerprint density at radius 3 is 2.19 bits per heavy atom. The van der Waals surface area contributed by atoms with E-state index in [0.717, 1.165) is 5.75 Å². The van der Waals surface area contributed by atoms with Crippen molar-refractivity contribution in [1.82, 2.24) is 0 Å². The highest BCUT2D eigenvalue weighted by Gasteiger charge is 2.39. The summed E-state index contributed by atoms with van der Waals surface area (Å²) in [6, 6.07) is 8.74. The van der Waals surface area contributed by atoms with Gasteiger partial charge >= 0.3 is 0 Å². The quantitative estimate of drug-likeness (QED) is 0.479. The van der Waals surface area contributed by atoms with E-state index < -0.39 is 0 Å². The van der Waals surface area contributed by atoms with E-state index in [1.54, 1.807) is 0 Å². The van der Waals surface area contributed by atoms with Gasteiger partial charge in [-0.1, -0.05) is 71.4 Å². The molecule has 0 aromatic heterocycles. The van der Waals surface area contributed by atoms with Crippen molar-refractivity contribution in [3.05, 3.63) is 29.8 Å². The summed E-state index contributed by atoms with van der Waals surface area (Å²) in [6.07, 6.45) is 14.2. The normalized spacial score (nSPS) is 23.3. The third-order valence-electron chi connectivity index (χ3n) is 6.74. The maximum Gasteiger partial charge on any atom is 0.205 e. The van der Waals surface area contributed by atoms with E-state index in [0.29, 0.717) is 12.0 Å². The van der Waals surface area contributed by atoms with Crippen LogP contribution in [0.5, 0.6) is 5.75 Å². The lowest BCUT2D eigenvalue weighted by atomic mass is 9.75. The standard InChI is InChI=1S/C24H38O2/c1-4-19(2)20-13-15-22(16-14-20)26-23(24(3)17-9-6-10-18-24)25-21-11-7-5-8-12-21/h13-16,19,21,23H,4-12,17-18H2,1-3H3. The Morgan fingerprint density at radius 1 is 0.962 bits per heavy atom. The first kappa shape index (κ1) is 19.7. The molecule has 0 spiro atoms. The molecule has 0 radical (unpaired) electrons. The van der Waals surface area contributed by atoms with Crippen LogP contribution in [0.15, 0.2) is 24.3 Å². The maximum atomic E-state index is 6.61. The highest BCUT2D eigenvalue weighted by molar-refractivity contribution is 5.29. The van der Waals surface area contributed by atoms with E-state index >= 15 is 0 Å². The zero-order chi connectivity index (χ0) is 18.4. The van der Waals surface area contributed by atoms with Gasteiger partial charge in [0.05, 0.1) is 6.10 Å². The fourth-order valence-electron chi connectivity index (χ4n) is 4.54. The van der Waals surface area contributed by atoms with Gasteiger partial charge in [0.15, 0.2) is 0 Å². The fraction of sp³-hybridized carbons (Fsp3) is 0.750. The molecule has 0 amide bonds. The van der Waals surface area contributed by atoms with Crippen molar-refractivity contribution in [3.8, 4) is 5.75 Å². The number of hydrogen-bond acceptors (Lipinski definition) is 2. The summed E-state index contributed by atoms with van der Waals surface area (Å²) in [6.45, 7) is 6.91. The summed E-state index contributed by atoms with van der Waals surface area (Å²) in [7, 11) is 0. The van der Waals surface area contributed by atoms with Crippen molar-refractivity contribution in [2.24, 2.45) is 5.41 Å². The van der Waals surface area contributed by atoms with Crippen LogP contribution in [-0.4, -0.2) is 12.4 Å². The summed E-state index contributed by atoms with van der Waals surface area (Å²) in [4.78, 5) is 0. The first-order valence-electron chi connectivity index (χ1n) is 11.0. The van der Waals surface area contributed by atoms with Crippen LogP contribution in [0.2, 0.25) is 0 Å². The minimum absolute atomic E-state index is 0.111. The molecule has 2 unspecified atom stereocenters.